The topological polar surface area (TPSA) is 40.5 Å². The lowest BCUT2D eigenvalue weighted by molar-refractivity contribution is -0.129. The van der Waals surface area contributed by atoms with Crippen LogP contribution in [0.3, 0.4) is 0 Å². The molecule has 0 aromatic heterocycles. The van der Waals surface area contributed by atoms with Gasteiger partial charge in [-0.2, -0.15) is 0 Å². The molecule has 0 saturated carbocycles. The first-order valence-corrected chi connectivity index (χ1v) is 6.61. The van der Waals surface area contributed by atoms with Crippen molar-refractivity contribution in [3.05, 3.63) is 29.8 Å². The lowest BCUT2D eigenvalue weighted by atomic mass is 9.74. The summed E-state index contributed by atoms with van der Waals surface area (Å²) in [4.78, 5) is 13.6. The van der Waals surface area contributed by atoms with E-state index in [4.69, 9.17) is 0 Å². The van der Waals surface area contributed by atoms with E-state index in [0.717, 1.165) is 31.4 Å². The van der Waals surface area contributed by atoms with Gasteiger partial charge in [0.1, 0.15) is 5.75 Å². The molecule has 0 unspecified atom stereocenters. The molecule has 1 atom stereocenters. The van der Waals surface area contributed by atoms with Gasteiger partial charge in [0.2, 0.25) is 5.91 Å². The minimum Gasteiger partial charge on any atom is -0.508 e. The predicted molar refractivity (Wildman–Crippen MR) is 71.6 cm³/mol. The van der Waals surface area contributed by atoms with E-state index in [0.29, 0.717) is 12.2 Å². The molecule has 18 heavy (non-hydrogen) atoms. The fourth-order valence-corrected chi connectivity index (χ4v) is 2.95. The Balaban J connectivity index is 2.38. The van der Waals surface area contributed by atoms with E-state index in [1.165, 1.54) is 0 Å². The minimum atomic E-state index is -0.0142. The highest BCUT2D eigenvalue weighted by atomic mass is 16.3. The number of rotatable bonds is 2. The average molecular weight is 247 g/mol. The standard InChI is InChI=1S/C15H21NO2/c1-3-15(12-6-4-7-13(17)10-12)9-5-8-14(18)16(2)11-15/h4,6-7,10,17H,3,5,8-9,11H2,1-2H3/t15-/m1/s1. The third-order valence-electron chi connectivity index (χ3n) is 4.15. The van der Waals surface area contributed by atoms with Gasteiger partial charge in [-0.1, -0.05) is 19.1 Å². The number of likely N-dealkylation sites (tertiary alicyclic amines) is 1. The second-order valence-electron chi connectivity index (χ2n) is 5.29. The molecule has 1 aliphatic heterocycles. The normalized spacial score (nSPS) is 25.0. The van der Waals surface area contributed by atoms with Crippen LogP contribution >= 0.6 is 0 Å². The zero-order valence-electron chi connectivity index (χ0n) is 11.1. The number of likely N-dealkylation sites (N-methyl/N-ethyl adjacent to an activating group) is 1. The Morgan fingerprint density at radius 1 is 1.44 bits per heavy atom. The lowest BCUT2D eigenvalue weighted by Crippen LogP contribution is -2.39. The maximum atomic E-state index is 11.8. The van der Waals surface area contributed by atoms with Gasteiger partial charge in [-0.3, -0.25) is 4.79 Å². The summed E-state index contributed by atoms with van der Waals surface area (Å²) in [5.41, 5.74) is 1.13. The zero-order chi connectivity index (χ0) is 13.2. The Morgan fingerprint density at radius 2 is 2.22 bits per heavy atom. The van der Waals surface area contributed by atoms with Gasteiger partial charge >= 0.3 is 0 Å². The van der Waals surface area contributed by atoms with Crippen LogP contribution in [0.15, 0.2) is 24.3 Å². The molecule has 1 amide bonds. The molecule has 1 heterocycles. The first-order valence-electron chi connectivity index (χ1n) is 6.61. The fraction of sp³-hybridized carbons (Fsp3) is 0.533. The molecule has 0 aliphatic carbocycles. The molecule has 3 heteroatoms. The number of benzene rings is 1. The van der Waals surface area contributed by atoms with Gasteiger partial charge in [0.15, 0.2) is 0 Å². The van der Waals surface area contributed by atoms with E-state index in [-0.39, 0.29) is 11.3 Å². The number of hydrogen-bond acceptors (Lipinski definition) is 2. The van der Waals surface area contributed by atoms with Crippen molar-refractivity contribution in [1.82, 2.24) is 4.90 Å². The van der Waals surface area contributed by atoms with Crippen molar-refractivity contribution in [2.75, 3.05) is 13.6 Å². The van der Waals surface area contributed by atoms with E-state index >= 15 is 0 Å². The van der Waals surface area contributed by atoms with Crippen LogP contribution in [0.25, 0.3) is 0 Å². The van der Waals surface area contributed by atoms with Crippen molar-refractivity contribution >= 4 is 5.91 Å². The van der Waals surface area contributed by atoms with E-state index < -0.39 is 0 Å². The summed E-state index contributed by atoms with van der Waals surface area (Å²) in [7, 11) is 1.88. The second-order valence-corrected chi connectivity index (χ2v) is 5.29. The first-order chi connectivity index (χ1) is 8.57. The highest BCUT2D eigenvalue weighted by Crippen LogP contribution is 2.37. The number of carbonyl (C=O) groups excluding carboxylic acids is 1. The molecule has 1 aromatic carbocycles. The summed E-state index contributed by atoms with van der Waals surface area (Å²) in [5, 5.41) is 9.66. The Kier molecular flexibility index (Phi) is 3.60. The van der Waals surface area contributed by atoms with Crippen LogP contribution in [0.5, 0.6) is 5.75 Å². The van der Waals surface area contributed by atoms with Gasteiger partial charge < -0.3 is 10.0 Å². The van der Waals surface area contributed by atoms with Gasteiger partial charge in [0.25, 0.3) is 0 Å². The maximum absolute atomic E-state index is 11.8. The van der Waals surface area contributed by atoms with Crippen LogP contribution in [0, 0.1) is 0 Å². The van der Waals surface area contributed by atoms with Gasteiger partial charge in [-0.05, 0) is 37.0 Å². The lowest BCUT2D eigenvalue weighted by Gasteiger charge is -2.35. The maximum Gasteiger partial charge on any atom is 0.222 e. The molecule has 98 valence electrons. The number of carbonyl (C=O) groups is 1. The molecule has 1 aromatic rings. The molecule has 1 N–H and O–H groups in total. The van der Waals surface area contributed by atoms with E-state index in [1.54, 1.807) is 6.07 Å². The third kappa shape index (κ3) is 2.35. The predicted octanol–water partition coefficient (Wildman–Crippen LogP) is 2.68. The van der Waals surface area contributed by atoms with Crippen LogP contribution in [0.4, 0.5) is 0 Å². The van der Waals surface area contributed by atoms with Gasteiger partial charge in [0, 0.05) is 25.4 Å². The van der Waals surface area contributed by atoms with Gasteiger partial charge in [0.05, 0.1) is 0 Å². The van der Waals surface area contributed by atoms with Crippen LogP contribution in [-0.4, -0.2) is 29.5 Å². The zero-order valence-corrected chi connectivity index (χ0v) is 11.1. The summed E-state index contributed by atoms with van der Waals surface area (Å²) in [5.74, 6) is 0.532. The van der Waals surface area contributed by atoms with Crippen molar-refractivity contribution in [2.24, 2.45) is 0 Å². The van der Waals surface area contributed by atoms with Crippen LogP contribution in [-0.2, 0) is 10.2 Å². The summed E-state index contributed by atoms with van der Waals surface area (Å²) in [6.45, 7) is 2.90. The van der Waals surface area contributed by atoms with Crippen molar-refractivity contribution in [3.63, 3.8) is 0 Å². The van der Waals surface area contributed by atoms with Crippen molar-refractivity contribution < 1.29 is 9.90 Å². The molecule has 0 radical (unpaired) electrons. The van der Waals surface area contributed by atoms with Crippen molar-refractivity contribution in [3.8, 4) is 5.75 Å². The molecule has 1 aliphatic rings. The Hall–Kier alpha value is -1.51. The number of nitrogens with zero attached hydrogens (tertiary/aromatic N) is 1. The van der Waals surface area contributed by atoms with Crippen molar-refractivity contribution in [2.45, 2.75) is 38.0 Å². The Labute approximate surface area is 108 Å². The van der Waals surface area contributed by atoms with Crippen LogP contribution in [0.1, 0.15) is 38.2 Å². The van der Waals surface area contributed by atoms with Gasteiger partial charge in [-0.15, -0.1) is 0 Å². The smallest absolute Gasteiger partial charge is 0.222 e. The molecule has 1 fully saturated rings. The molecule has 0 bridgehead atoms. The van der Waals surface area contributed by atoms with Crippen molar-refractivity contribution in [1.29, 1.82) is 0 Å². The molecule has 0 spiro atoms. The largest absolute Gasteiger partial charge is 0.508 e. The number of amides is 1. The summed E-state index contributed by atoms with van der Waals surface area (Å²) >= 11 is 0. The molecule has 2 rings (SSSR count). The highest BCUT2D eigenvalue weighted by Gasteiger charge is 2.35. The molecule has 1 saturated heterocycles. The summed E-state index contributed by atoms with van der Waals surface area (Å²) in [6.07, 6.45) is 3.54. The average Bonchev–Trinajstić information content (AvgIpc) is 2.50. The first kappa shape index (κ1) is 12.9. The fourth-order valence-electron chi connectivity index (χ4n) is 2.95. The quantitative estimate of drug-likeness (QED) is 0.873. The number of phenols is 1. The van der Waals surface area contributed by atoms with Gasteiger partial charge in [-0.25, -0.2) is 0 Å². The molecular weight excluding hydrogens is 226 g/mol. The number of aromatic hydroxyl groups is 1. The van der Waals surface area contributed by atoms with Crippen LogP contribution < -0.4 is 0 Å². The molecular formula is C15H21NO2. The highest BCUT2D eigenvalue weighted by molar-refractivity contribution is 5.76. The number of hydrogen-bond donors (Lipinski definition) is 1. The summed E-state index contributed by atoms with van der Waals surface area (Å²) < 4.78 is 0. The number of phenolic OH excluding ortho intramolecular Hbond substituents is 1. The Morgan fingerprint density at radius 3 is 2.89 bits per heavy atom. The Bertz CT molecular complexity index is 444. The summed E-state index contributed by atoms with van der Waals surface area (Å²) in [6, 6.07) is 7.48. The van der Waals surface area contributed by atoms with E-state index in [2.05, 4.69) is 13.0 Å². The SMILES string of the molecule is CC[C@@]1(c2cccc(O)c2)CCCC(=O)N(C)C1. The minimum absolute atomic E-state index is 0.0142. The van der Waals surface area contributed by atoms with E-state index in [9.17, 15) is 9.90 Å². The monoisotopic (exact) mass is 247 g/mol. The molecule has 3 nitrogen and oxygen atoms in total. The second kappa shape index (κ2) is 5.01. The van der Waals surface area contributed by atoms with E-state index in [1.807, 2.05) is 24.1 Å². The third-order valence-corrected chi connectivity index (χ3v) is 4.15. The van der Waals surface area contributed by atoms with Crippen LogP contribution in [0.2, 0.25) is 0 Å².